The van der Waals surface area contributed by atoms with Crippen LogP contribution in [0.4, 0.5) is 28.0 Å². The van der Waals surface area contributed by atoms with Crippen LogP contribution in [0.5, 0.6) is 0 Å². The number of H-pyrrole nitrogens is 1. The van der Waals surface area contributed by atoms with Crippen LogP contribution in [0.25, 0.3) is 0 Å². The van der Waals surface area contributed by atoms with Gasteiger partial charge < -0.3 is 10.6 Å². The van der Waals surface area contributed by atoms with E-state index in [9.17, 15) is 27.2 Å². The van der Waals surface area contributed by atoms with Gasteiger partial charge in [0.25, 0.3) is 0 Å². The zero-order valence-corrected chi connectivity index (χ0v) is 16.1. The van der Waals surface area contributed by atoms with Gasteiger partial charge in [-0.15, -0.1) is 0 Å². The van der Waals surface area contributed by atoms with E-state index in [0.717, 1.165) is 25.0 Å². The van der Waals surface area contributed by atoms with Crippen molar-refractivity contribution in [1.82, 2.24) is 20.1 Å². The number of fused-ring (bicyclic) bond motifs is 1. The minimum absolute atomic E-state index is 0.0439. The van der Waals surface area contributed by atoms with Crippen LogP contribution in [-0.2, 0) is 12.1 Å². The molecular formula is C20H17F4N5O2. The van der Waals surface area contributed by atoms with Gasteiger partial charge in [0.2, 0.25) is 5.54 Å². The molecule has 0 saturated heterocycles. The molecule has 5 rings (SSSR count). The molecule has 0 bridgehead atoms. The molecule has 31 heavy (non-hydrogen) atoms. The Bertz CT molecular complexity index is 1200. The van der Waals surface area contributed by atoms with Crippen molar-refractivity contribution in [1.29, 1.82) is 0 Å². The van der Waals surface area contributed by atoms with Gasteiger partial charge in [-0.25, -0.2) is 19.1 Å². The zero-order valence-electron chi connectivity index (χ0n) is 16.1. The summed E-state index contributed by atoms with van der Waals surface area (Å²) >= 11 is 0. The van der Waals surface area contributed by atoms with Crippen LogP contribution in [-0.4, -0.2) is 27.0 Å². The smallest absolute Gasteiger partial charge is 0.310 e. The average molecular weight is 435 g/mol. The molecule has 3 aliphatic rings. The normalized spacial score (nSPS) is 22.8. The fourth-order valence-electron chi connectivity index (χ4n) is 3.68. The van der Waals surface area contributed by atoms with Crippen LogP contribution in [0.15, 0.2) is 16.9 Å². The predicted molar refractivity (Wildman–Crippen MR) is 101 cm³/mol. The van der Waals surface area contributed by atoms with Crippen LogP contribution in [0.3, 0.4) is 0 Å². The number of nitrogens with zero attached hydrogens (tertiary/aromatic N) is 2. The molecule has 1 atom stereocenters. The van der Waals surface area contributed by atoms with Crippen molar-refractivity contribution in [2.45, 2.75) is 49.9 Å². The van der Waals surface area contributed by atoms with E-state index in [1.54, 1.807) is 0 Å². The summed E-state index contributed by atoms with van der Waals surface area (Å²) in [5, 5.41) is 10.4. The van der Waals surface area contributed by atoms with E-state index in [1.807, 2.05) is 5.32 Å². The Morgan fingerprint density at radius 3 is 2.58 bits per heavy atom. The van der Waals surface area contributed by atoms with Crippen molar-refractivity contribution in [2.24, 2.45) is 5.92 Å². The molecule has 3 N–H and O–H groups in total. The van der Waals surface area contributed by atoms with Gasteiger partial charge in [-0.1, -0.05) is 11.8 Å². The molecule has 1 aliphatic heterocycles. The summed E-state index contributed by atoms with van der Waals surface area (Å²) in [4.78, 5) is 24.2. The minimum Gasteiger partial charge on any atom is -0.310 e. The molecule has 2 aromatic rings. The largest absolute Gasteiger partial charge is 0.427 e. The summed E-state index contributed by atoms with van der Waals surface area (Å²) in [6.07, 6.45) is -1.89. The molecule has 2 fully saturated rings. The standard InChI is InChI=1S/C20H17F4N5O2/c21-14-8-13-15(7-12(14)9-29-16(11-3-4-11)27-28-18(29)31)25-17(30)26-19(13,20(22,23)24)6-5-10-1-2-10/h7-8,10-11H,1-4,9H2,(H,28,31)(H2,25,26,30)/t19-/m0/s1. The molecule has 0 unspecified atom stereocenters. The minimum atomic E-state index is -4.98. The molecule has 2 heterocycles. The second-order valence-electron chi connectivity index (χ2n) is 8.11. The Labute approximate surface area is 173 Å². The third-order valence-electron chi connectivity index (χ3n) is 5.66. The number of aromatic amines is 1. The van der Waals surface area contributed by atoms with Crippen LogP contribution in [0.1, 0.15) is 48.6 Å². The first-order chi connectivity index (χ1) is 14.7. The highest BCUT2D eigenvalue weighted by Gasteiger charge is 2.59. The fourth-order valence-corrected chi connectivity index (χ4v) is 3.68. The number of hydrogen-bond donors (Lipinski definition) is 3. The maximum Gasteiger partial charge on any atom is 0.427 e. The van der Waals surface area contributed by atoms with Gasteiger partial charge in [0, 0.05) is 28.7 Å². The Morgan fingerprint density at radius 2 is 1.94 bits per heavy atom. The SMILES string of the molecule is O=C1Nc2cc(Cn3c(C4CC4)n[nH]c3=O)c(F)cc2[C@@](C#CC2CC2)(C(F)(F)F)N1. The highest BCUT2D eigenvalue weighted by molar-refractivity contribution is 5.95. The van der Waals surface area contributed by atoms with Crippen LogP contribution >= 0.6 is 0 Å². The Balaban J connectivity index is 1.60. The number of halogens is 4. The molecule has 162 valence electrons. The Hall–Kier alpha value is -3.29. The molecule has 2 aliphatic carbocycles. The average Bonchev–Trinajstić information content (AvgIpc) is 3.60. The number of carbonyl (C=O) groups is 1. The van der Waals surface area contributed by atoms with E-state index < -0.39 is 34.8 Å². The Kier molecular flexibility index (Phi) is 4.19. The summed E-state index contributed by atoms with van der Waals surface area (Å²) in [5.41, 5.74) is -4.32. The summed E-state index contributed by atoms with van der Waals surface area (Å²) in [7, 11) is 0. The number of nitrogens with one attached hydrogen (secondary N) is 3. The highest BCUT2D eigenvalue weighted by Crippen LogP contribution is 2.45. The maximum atomic E-state index is 15.0. The molecule has 2 saturated carbocycles. The van der Waals surface area contributed by atoms with Gasteiger partial charge in [0.15, 0.2) is 0 Å². The monoisotopic (exact) mass is 435 g/mol. The van der Waals surface area contributed by atoms with E-state index in [-0.39, 0.29) is 29.6 Å². The van der Waals surface area contributed by atoms with Gasteiger partial charge in [-0.2, -0.15) is 18.3 Å². The molecule has 1 aromatic heterocycles. The summed E-state index contributed by atoms with van der Waals surface area (Å²) in [5.74, 6) is 4.20. The topological polar surface area (TPSA) is 91.8 Å². The van der Waals surface area contributed by atoms with Crippen LogP contribution in [0, 0.1) is 23.6 Å². The van der Waals surface area contributed by atoms with Gasteiger partial charge in [0.1, 0.15) is 11.6 Å². The lowest BCUT2D eigenvalue weighted by molar-refractivity contribution is -0.178. The predicted octanol–water partition coefficient (Wildman–Crippen LogP) is 2.94. The fraction of sp³-hybridized carbons (Fsp3) is 0.450. The first kappa shape index (κ1) is 19.7. The van der Waals surface area contributed by atoms with Crippen molar-refractivity contribution in [3.63, 3.8) is 0 Å². The van der Waals surface area contributed by atoms with E-state index in [2.05, 4.69) is 27.4 Å². The number of alkyl halides is 3. The quantitative estimate of drug-likeness (QED) is 0.512. The van der Waals surface area contributed by atoms with E-state index in [0.29, 0.717) is 18.7 Å². The molecule has 0 spiro atoms. The lowest BCUT2D eigenvalue weighted by Gasteiger charge is -2.37. The molecule has 7 nitrogen and oxygen atoms in total. The van der Waals surface area contributed by atoms with Crippen molar-refractivity contribution in [3.8, 4) is 11.8 Å². The number of rotatable bonds is 3. The third-order valence-corrected chi connectivity index (χ3v) is 5.66. The number of hydrogen-bond acceptors (Lipinski definition) is 3. The first-order valence-electron chi connectivity index (χ1n) is 9.84. The first-order valence-corrected chi connectivity index (χ1v) is 9.84. The van der Waals surface area contributed by atoms with Crippen molar-refractivity contribution >= 4 is 11.7 Å². The summed E-state index contributed by atoms with van der Waals surface area (Å²) in [6.45, 7) is -0.226. The van der Waals surface area contributed by atoms with Crippen LogP contribution in [0.2, 0.25) is 0 Å². The molecule has 11 heteroatoms. The van der Waals surface area contributed by atoms with Crippen LogP contribution < -0.4 is 16.3 Å². The van der Waals surface area contributed by atoms with Crippen molar-refractivity contribution in [3.05, 3.63) is 45.4 Å². The van der Waals surface area contributed by atoms with Gasteiger partial charge >= 0.3 is 17.9 Å². The zero-order chi connectivity index (χ0) is 22.0. The molecule has 0 radical (unpaired) electrons. The van der Waals surface area contributed by atoms with Crippen molar-refractivity contribution < 1.29 is 22.4 Å². The maximum absolute atomic E-state index is 15.0. The lowest BCUT2D eigenvalue weighted by atomic mass is 9.85. The Morgan fingerprint density at radius 1 is 1.19 bits per heavy atom. The second-order valence-corrected chi connectivity index (χ2v) is 8.11. The van der Waals surface area contributed by atoms with Gasteiger partial charge in [0.05, 0.1) is 6.54 Å². The van der Waals surface area contributed by atoms with E-state index in [1.165, 1.54) is 4.57 Å². The van der Waals surface area contributed by atoms with Crippen molar-refractivity contribution in [2.75, 3.05) is 5.32 Å². The molecule has 1 aromatic carbocycles. The number of amides is 2. The molecular weight excluding hydrogens is 418 g/mol. The number of aromatic nitrogens is 3. The number of carbonyl (C=O) groups excluding carboxylic acids is 1. The van der Waals surface area contributed by atoms with Gasteiger partial charge in [-0.3, -0.25) is 4.57 Å². The van der Waals surface area contributed by atoms with E-state index in [4.69, 9.17) is 0 Å². The molecule has 2 amide bonds. The lowest BCUT2D eigenvalue weighted by Crippen LogP contribution is -2.59. The number of benzene rings is 1. The highest BCUT2D eigenvalue weighted by atomic mass is 19.4. The third kappa shape index (κ3) is 3.36. The summed E-state index contributed by atoms with van der Waals surface area (Å²) < 4.78 is 58.6. The summed E-state index contributed by atoms with van der Waals surface area (Å²) in [6, 6.07) is 0.763. The van der Waals surface area contributed by atoms with E-state index >= 15 is 0 Å². The number of urea groups is 1. The second kappa shape index (κ2) is 6.60. The number of anilines is 1. The van der Waals surface area contributed by atoms with Gasteiger partial charge in [-0.05, 0) is 37.8 Å².